The fourth-order valence-corrected chi connectivity index (χ4v) is 5.02. The first-order valence-electron chi connectivity index (χ1n) is 14.4. The number of hydrogen-bond donors (Lipinski definition) is 3. The summed E-state index contributed by atoms with van der Waals surface area (Å²) in [6.45, 7) is -1.82. The molecule has 3 aromatic heterocycles. The van der Waals surface area contributed by atoms with Crippen LogP contribution in [0.1, 0.15) is 33.2 Å². The molecule has 0 bridgehead atoms. The Bertz CT molecular complexity index is 1940. The van der Waals surface area contributed by atoms with Crippen molar-refractivity contribution in [2.75, 3.05) is 19.6 Å². The molecule has 20 heteroatoms. The zero-order chi connectivity index (χ0) is 34.3. The summed E-state index contributed by atoms with van der Waals surface area (Å²) in [5, 5.41) is 23.7. The highest BCUT2D eigenvalue weighted by Gasteiger charge is 2.40. The second-order valence-electron chi connectivity index (χ2n) is 11.0. The molecule has 0 radical (unpaired) electrons. The van der Waals surface area contributed by atoms with Gasteiger partial charge in [0.25, 0.3) is 11.8 Å². The van der Waals surface area contributed by atoms with E-state index in [2.05, 4.69) is 30.8 Å². The molecule has 1 aliphatic heterocycles. The number of alkyl halides is 4. The van der Waals surface area contributed by atoms with Crippen molar-refractivity contribution >= 4 is 29.3 Å². The maximum absolute atomic E-state index is 13.7. The predicted octanol–water partition coefficient (Wildman–Crippen LogP) is 0.725. The lowest BCUT2D eigenvalue weighted by molar-refractivity contribution is -0.207. The second kappa shape index (κ2) is 12.8. The molecule has 4 aromatic rings. The highest BCUT2D eigenvalue weighted by Crippen LogP contribution is 2.27. The number of carbonyl (C=O) groups is 3. The topological polar surface area (TPSA) is 182 Å². The number of aliphatic hydroxyl groups is 1. The molecule has 15 nitrogen and oxygen atoms in total. The first-order valence-corrected chi connectivity index (χ1v) is 14.8. The molecule has 252 valence electrons. The minimum absolute atomic E-state index is 0.0916. The van der Waals surface area contributed by atoms with Gasteiger partial charge in [0.15, 0.2) is 23.6 Å². The van der Waals surface area contributed by atoms with Gasteiger partial charge in [0.2, 0.25) is 11.7 Å². The molecule has 2 aliphatic rings. The third-order valence-electron chi connectivity index (χ3n) is 7.48. The summed E-state index contributed by atoms with van der Waals surface area (Å²) < 4.78 is 55.8. The van der Waals surface area contributed by atoms with Crippen LogP contribution in [0.2, 0.25) is 5.02 Å². The molecule has 1 aliphatic carbocycles. The van der Waals surface area contributed by atoms with E-state index in [0.717, 1.165) is 9.36 Å². The number of rotatable bonds is 9. The van der Waals surface area contributed by atoms with Gasteiger partial charge in [-0.05, 0) is 36.4 Å². The Morgan fingerprint density at radius 3 is 2.54 bits per heavy atom. The Hall–Kier alpha value is -5.17. The number of pyridine rings is 1. The minimum Gasteiger partial charge on any atom is -0.382 e. The Morgan fingerprint density at radius 2 is 1.88 bits per heavy atom. The van der Waals surface area contributed by atoms with Gasteiger partial charge in [0, 0.05) is 36.3 Å². The molecule has 0 unspecified atom stereocenters. The lowest BCUT2D eigenvalue weighted by atomic mass is 10.2. The van der Waals surface area contributed by atoms with Crippen LogP contribution in [0.5, 0.6) is 0 Å². The van der Waals surface area contributed by atoms with Gasteiger partial charge >= 0.3 is 11.9 Å². The summed E-state index contributed by atoms with van der Waals surface area (Å²) in [4.78, 5) is 61.9. The molecular weight excluding hydrogens is 668 g/mol. The highest BCUT2D eigenvalue weighted by atomic mass is 35.5. The normalized spacial score (nSPS) is 18.4. The van der Waals surface area contributed by atoms with Crippen molar-refractivity contribution in [3.63, 3.8) is 0 Å². The number of aromatic nitrogens is 7. The fourth-order valence-electron chi connectivity index (χ4n) is 4.90. The number of nitrogens with one attached hydrogen (secondary N) is 2. The van der Waals surface area contributed by atoms with E-state index >= 15 is 0 Å². The van der Waals surface area contributed by atoms with E-state index in [-0.39, 0.29) is 54.6 Å². The molecule has 3 N–H and O–H groups in total. The van der Waals surface area contributed by atoms with Gasteiger partial charge in [-0.1, -0.05) is 11.6 Å². The maximum Gasteiger partial charge on any atom is 0.416 e. The van der Waals surface area contributed by atoms with Gasteiger partial charge in [-0.3, -0.25) is 19.0 Å². The Labute approximate surface area is 272 Å². The van der Waals surface area contributed by atoms with Crippen LogP contribution in [0.25, 0.3) is 17.2 Å². The lowest BCUT2D eigenvalue weighted by Gasteiger charge is -2.26. The average molecular weight is 693 g/mol. The Balaban J connectivity index is 1.42. The first-order chi connectivity index (χ1) is 22.8. The van der Waals surface area contributed by atoms with Crippen LogP contribution in [0, 0.1) is 0 Å². The standard InChI is InChI=1S/C28H25ClF4N10O5/c29-15-5-3-14(4-6-15)22-39-42(27(48)41(22)11-19(44)28(31,32)33)12-20-37-24(26(47)40-9-8-34-21(45)13-40)43(38-20)23-16(2-1-7-35-23)25(46)36-18-10-17(18)30/h1-7,17-19,44H,8-13H2,(H,34,45)(H,36,46)/t17-,18+,19+/m1/s1. The number of amides is 3. The summed E-state index contributed by atoms with van der Waals surface area (Å²) in [5.74, 6) is -2.97. The smallest absolute Gasteiger partial charge is 0.382 e. The van der Waals surface area contributed by atoms with Crippen molar-refractivity contribution in [1.29, 1.82) is 0 Å². The monoisotopic (exact) mass is 692 g/mol. The van der Waals surface area contributed by atoms with Crippen molar-refractivity contribution in [3.05, 3.63) is 75.3 Å². The minimum atomic E-state index is -5.04. The van der Waals surface area contributed by atoms with Crippen molar-refractivity contribution in [2.45, 2.75) is 44.0 Å². The largest absolute Gasteiger partial charge is 0.416 e. The van der Waals surface area contributed by atoms with Crippen LogP contribution in [-0.2, 0) is 17.9 Å². The molecule has 48 heavy (non-hydrogen) atoms. The van der Waals surface area contributed by atoms with Gasteiger partial charge in [-0.2, -0.15) is 17.9 Å². The zero-order valence-electron chi connectivity index (χ0n) is 24.6. The number of aliphatic hydroxyl groups excluding tert-OH is 1. The predicted molar refractivity (Wildman–Crippen MR) is 157 cm³/mol. The molecule has 1 saturated heterocycles. The quantitative estimate of drug-likeness (QED) is 0.213. The van der Waals surface area contributed by atoms with E-state index in [4.69, 9.17) is 11.6 Å². The fraction of sp³-hybridized carbons (Fsp3) is 0.357. The first kappa shape index (κ1) is 32.8. The van der Waals surface area contributed by atoms with E-state index in [1.165, 1.54) is 47.5 Å². The van der Waals surface area contributed by atoms with Crippen molar-refractivity contribution < 1.29 is 37.1 Å². The van der Waals surface area contributed by atoms with E-state index in [0.29, 0.717) is 9.59 Å². The van der Waals surface area contributed by atoms with E-state index in [9.17, 15) is 41.8 Å². The Morgan fingerprint density at radius 1 is 1.15 bits per heavy atom. The number of halogens is 5. The molecular formula is C28H25ClF4N10O5. The molecule has 2 fully saturated rings. The molecule has 0 spiro atoms. The molecule has 3 amide bonds. The average Bonchev–Trinajstić information content (AvgIpc) is 3.44. The SMILES string of the molecule is O=C1CN(C(=O)c2nc(Cn3nc(-c4ccc(Cl)cc4)n(C[C@H](O)C(F)(F)F)c3=O)nn2-c2ncccc2C(=O)N[C@H]2C[C@H]2F)CCN1. The molecule has 6 rings (SSSR count). The van der Waals surface area contributed by atoms with E-state index in [1.807, 2.05) is 0 Å². The van der Waals surface area contributed by atoms with Crippen LogP contribution in [0.4, 0.5) is 17.6 Å². The maximum atomic E-state index is 13.7. The summed E-state index contributed by atoms with van der Waals surface area (Å²) in [7, 11) is 0. The van der Waals surface area contributed by atoms with Crippen LogP contribution < -0.4 is 16.3 Å². The van der Waals surface area contributed by atoms with Crippen LogP contribution in [-0.4, -0.2) is 106 Å². The van der Waals surface area contributed by atoms with Gasteiger partial charge < -0.3 is 20.6 Å². The third-order valence-corrected chi connectivity index (χ3v) is 7.73. The number of benzene rings is 1. The number of hydrogen-bond acceptors (Lipinski definition) is 9. The highest BCUT2D eigenvalue weighted by molar-refractivity contribution is 6.30. The van der Waals surface area contributed by atoms with Crippen LogP contribution in [0.3, 0.4) is 0 Å². The second-order valence-corrected chi connectivity index (χ2v) is 11.4. The summed E-state index contributed by atoms with van der Waals surface area (Å²) in [6, 6.07) is 7.82. The third kappa shape index (κ3) is 6.77. The van der Waals surface area contributed by atoms with E-state index < -0.39 is 66.8 Å². The van der Waals surface area contributed by atoms with Crippen molar-refractivity contribution in [2.24, 2.45) is 0 Å². The van der Waals surface area contributed by atoms with Gasteiger partial charge in [-0.15, -0.1) is 10.2 Å². The molecule has 4 heterocycles. The van der Waals surface area contributed by atoms with Crippen LogP contribution in [0.15, 0.2) is 47.4 Å². The zero-order valence-corrected chi connectivity index (χ0v) is 25.3. The summed E-state index contributed by atoms with van der Waals surface area (Å²) in [5.41, 5.74) is -0.952. The van der Waals surface area contributed by atoms with Crippen LogP contribution >= 0.6 is 11.6 Å². The number of nitrogens with zero attached hydrogens (tertiary/aromatic N) is 8. The molecule has 1 aromatic carbocycles. The van der Waals surface area contributed by atoms with E-state index in [1.54, 1.807) is 0 Å². The molecule has 3 atom stereocenters. The van der Waals surface area contributed by atoms with Gasteiger partial charge in [0.1, 0.15) is 19.3 Å². The van der Waals surface area contributed by atoms with Gasteiger partial charge in [-0.25, -0.2) is 23.8 Å². The van der Waals surface area contributed by atoms with Gasteiger partial charge in [0.05, 0.1) is 18.2 Å². The van der Waals surface area contributed by atoms with Crippen molar-refractivity contribution in [3.8, 4) is 17.2 Å². The summed E-state index contributed by atoms with van der Waals surface area (Å²) in [6.07, 6.45) is -7.71. The Kier molecular flexibility index (Phi) is 8.73. The number of carbonyl (C=O) groups excluding carboxylic acids is 3. The molecule has 1 saturated carbocycles. The lowest BCUT2D eigenvalue weighted by Crippen LogP contribution is -2.50. The number of piperazine rings is 1. The summed E-state index contributed by atoms with van der Waals surface area (Å²) >= 11 is 5.95. The van der Waals surface area contributed by atoms with Crippen molar-refractivity contribution in [1.82, 2.24) is 49.6 Å².